The maximum atomic E-state index is 12.9. The number of halogens is 3. The molecule has 30 heavy (non-hydrogen) atoms. The summed E-state index contributed by atoms with van der Waals surface area (Å²) in [6.07, 6.45) is 0.583. The molecule has 7 nitrogen and oxygen atoms in total. The average molecular weight is 437 g/mol. The third kappa shape index (κ3) is 5.89. The SMILES string of the molecule is Nn1c(SCC(=O)NCCc2ccc(F)cc2)nnc1-c1ccc(OC(F)F)cc1. The first-order valence-corrected chi connectivity index (χ1v) is 9.80. The molecule has 3 aromatic rings. The molecule has 0 atom stereocenters. The van der Waals surface area contributed by atoms with E-state index in [4.69, 9.17) is 5.84 Å². The van der Waals surface area contributed by atoms with Gasteiger partial charge in [0.2, 0.25) is 11.1 Å². The van der Waals surface area contributed by atoms with E-state index in [9.17, 15) is 18.0 Å². The van der Waals surface area contributed by atoms with Crippen LogP contribution in [0, 0.1) is 5.82 Å². The third-order valence-electron chi connectivity index (χ3n) is 3.98. The molecular formula is C19H18F3N5O2S. The monoisotopic (exact) mass is 437 g/mol. The van der Waals surface area contributed by atoms with Gasteiger partial charge in [0, 0.05) is 12.1 Å². The second-order valence-corrected chi connectivity index (χ2v) is 7.04. The number of nitrogens with two attached hydrogens (primary N) is 1. The van der Waals surface area contributed by atoms with Crippen molar-refractivity contribution in [2.75, 3.05) is 18.1 Å². The van der Waals surface area contributed by atoms with E-state index >= 15 is 0 Å². The van der Waals surface area contributed by atoms with Gasteiger partial charge in [0.25, 0.3) is 0 Å². The van der Waals surface area contributed by atoms with Crippen molar-refractivity contribution >= 4 is 17.7 Å². The number of hydrogen-bond acceptors (Lipinski definition) is 6. The van der Waals surface area contributed by atoms with Crippen LogP contribution < -0.4 is 15.9 Å². The molecule has 0 aliphatic heterocycles. The first-order chi connectivity index (χ1) is 14.4. The van der Waals surface area contributed by atoms with Crippen LogP contribution in [-0.4, -0.2) is 39.7 Å². The van der Waals surface area contributed by atoms with Crippen LogP contribution in [0.2, 0.25) is 0 Å². The van der Waals surface area contributed by atoms with Crippen molar-refractivity contribution in [3.63, 3.8) is 0 Å². The smallest absolute Gasteiger partial charge is 0.387 e. The minimum atomic E-state index is -2.90. The highest BCUT2D eigenvalue weighted by molar-refractivity contribution is 7.99. The highest BCUT2D eigenvalue weighted by Gasteiger charge is 2.14. The van der Waals surface area contributed by atoms with Crippen LogP contribution in [0.3, 0.4) is 0 Å². The summed E-state index contributed by atoms with van der Waals surface area (Å²) >= 11 is 1.11. The first kappa shape index (κ1) is 21.5. The minimum Gasteiger partial charge on any atom is -0.435 e. The van der Waals surface area contributed by atoms with Crippen molar-refractivity contribution in [1.82, 2.24) is 20.2 Å². The molecule has 1 aromatic heterocycles. The summed E-state index contributed by atoms with van der Waals surface area (Å²) in [5.41, 5.74) is 1.47. The van der Waals surface area contributed by atoms with E-state index in [1.807, 2.05) is 0 Å². The number of rotatable bonds is 9. The highest BCUT2D eigenvalue weighted by Crippen LogP contribution is 2.24. The number of hydrogen-bond donors (Lipinski definition) is 2. The lowest BCUT2D eigenvalue weighted by Gasteiger charge is -2.07. The zero-order valence-electron chi connectivity index (χ0n) is 15.6. The quantitative estimate of drug-likeness (QED) is 0.395. The van der Waals surface area contributed by atoms with Crippen molar-refractivity contribution < 1.29 is 22.7 Å². The lowest BCUT2D eigenvalue weighted by atomic mass is 10.1. The van der Waals surface area contributed by atoms with E-state index in [2.05, 4.69) is 20.3 Å². The number of carbonyl (C=O) groups excluding carboxylic acids is 1. The number of nitrogen functional groups attached to an aromatic ring is 1. The highest BCUT2D eigenvalue weighted by atomic mass is 32.2. The molecular weight excluding hydrogens is 419 g/mol. The van der Waals surface area contributed by atoms with Gasteiger partial charge in [0.15, 0.2) is 5.82 Å². The molecule has 1 heterocycles. The third-order valence-corrected chi connectivity index (χ3v) is 4.93. The van der Waals surface area contributed by atoms with Gasteiger partial charge in [0.05, 0.1) is 5.75 Å². The first-order valence-electron chi connectivity index (χ1n) is 8.82. The van der Waals surface area contributed by atoms with Gasteiger partial charge in [-0.05, 0) is 48.4 Å². The summed E-state index contributed by atoms with van der Waals surface area (Å²) in [4.78, 5) is 12.0. The van der Waals surface area contributed by atoms with E-state index in [1.54, 1.807) is 12.1 Å². The molecule has 0 spiro atoms. The number of alkyl halides is 2. The zero-order chi connectivity index (χ0) is 21.5. The number of thioether (sulfide) groups is 1. The van der Waals surface area contributed by atoms with Crippen molar-refractivity contribution in [1.29, 1.82) is 0 Å². The van der Waals surface area contributed by atoms with Crippen molar-refractivity contribution in [2.45, 2.75) is 18.2 Å². The van der Waals surface area contributed by atoms with Gasteiger partial charge in [-0.2, -0.15) is 8.78 Å². The molecule has 2 aromatic carbocycles. The predicted molar refractivity (Wildman–Crippen MR) is 106 cm³/mol. The normalized spacial score (nSPS) is 10.9. The van der Waals surface area contributed by atoms with Crippen LogP contribution in [-0.2, 0) is 11.2 Å². The van der Waals surface area contributed by atoms with Gasteiger partial charge in [-0.1, -0.05) is 23.9 Å². The summed E-state index contributed by atoms with van der Waals surface area (Å²) in [6, 6.07) is 11.9. The van der Waals surface area contributed by atoms with Gasteiger partial charge >= 0.3 is 6.61 Å². The number of amides is 1. The zero-order valence-corrected chi connectivity index (χ0v) is 16.4. The van der Waals surface area contributed by atoms with E-state index in [-0.39, 0.29) is 23.2 Å². The number of ether oxygens (including phenoxy) is 1. The average Bonchev–Trinajstić information content (AvgIpc) is 3.08. The fourth-order valence-corrected chi connectivity index (χ4v) is 3.22. The van der Waals surface area contributed by atoms with Gasteiger partial charge < -0.3 is 15.9 Å². The number of nitrogens with one attached hydrogen (secondary N) is 1. The van der Waals surface area contributed by atoms with Crippen LogP contribution in [0.5, 0.6) is 5.75 Å². The lowest BCUT2D eigenvalue weighted by Crippen LogP contribution is -2.27. The molecule has 0 saturated carbocycles. The Morgan fingerprint density at radius 2 is 1.83 bits per heavy atom. The Hall–Kier alpha value is -3.21. The summed E-state index contributed by atoms with van der Waals surface area (Å²) in [5, 5.41) is 11.0. The van der Waals surface area contributed by atoms with E-state index in [1.165, 1.54) is 41.1 Å². The summed E-state index contributed by atoms with van der Waals surface area (Å²) in [5.74, 6) is 5.89. The van der Waals surface area contributed by atoms with Gasteiger partial charge in [-0.25, -0.2) is 9.07 Å². The molecule has 0 radical (unpaired) electrons. The second-order valence-electron chi connectivity index (χ2n) is 6.09. The molecule has 11 heteroatoms. The maximum Gasteiger partial charge on any atom is 0.387 e. The number of nitrogens with zero attached hydrogens (tertiary/aromatic N) is 3. The summed E-state index contributed by atoms with van der Waals surface area (Å²) in [7, 11) is 0. The number of carbonyl (C=O) groups is 1. The van der Waals surface area contributed by atoms with Gasteiger partial charge in [-0.3, -0.25) is 4.79 Å². The van der Waals surface area contributed by atoms with Crippen LogP contribution in [0.1, 0.15) is 5.56 Å². The Morgan fingerprint density at radius 3 is 2.50 bits per heavy atom. The van der Waals surface area contributed by atoms with E-state index in [0.717, 1.165) is 17.3 Å². The van der Waals surface area contributed by atoms with Crippen LogP contribution in [0.15, 0.2) is 53.7 Å². The van der Waals surface area contributed by atoms with Crippen LogP contribution in [0.4, 0.5) is 13.2 Å². The molecule has 3 rings (SSSR count). The molecule has 158 valence electrons. The Balaban J connectivity index is 1.49. The van der Waals surface area contributed by atoms with Gasteiger partial charge in [0.1, 0.15) is 11.6 Å². The predicted octanol–water partition coefficient (Wildman–Crippen LogP) is 2.85. The maximum absolute atomic E-state index is 12.9. The van der Waals surface area contributed by atoms with Crippen molar-refractivity contribution in [3.8, 4) is 17.1 Å². The van der Waals surface area contributed by atoms with Crippen molar-refractivity contribution in [2.24, 2.45) is 0 Å². The Bertz CT molecular complexity index is 981. The molecule has 0 aliphatic rings. The molecule has 0 aliphatic carbocycles. The fraction of sp³-hybridized carbons (Fsp3) is 0.211. The summed E-state index contributed by atoms with van der Waals surface area (Å²) in [6.45, 7) is -2.49. The molecule has 0 saturated heterocycles. The van der Waals surface area contributed by atoms with Crippen LogP contribution >= 0.6 is 11.8 Å². The Morgan fingerprint density at radius 1 is 1.13 bits per heavy atom. The summed E-state index contributed by atoms with van der Waals surface area (Å²) < 4.78 is 42.8. The van der Waals surface area contributed by atoms with Crippen LogP contribution in [0.25, 0.3) is 11.4 Å². The molecule has 0 bridgehead atoms. The largest absolute Gasteiger partial charge is 0.435 e. The Kier molecular flexibility index (Phi) is 7.17. The lowest BCUT2D eigenvalue weighted by molar-refractivity contribution is -0.118. The standard InChI is InChI=1S/C19H18F3N5O2S/c20-14-5-1-12(2-6-14)9-10-24-16(28)11-30-19-26-25-17(27(19)23)13-3-7-15(8-4-13)29-18(21)22/h1-8,18H,9-11,23H2,(H,24,28). The van der Waals surface area contributed by atoms with Gasteiger partial charge in [-0.15, -0.1) is 10.2 Å². The molecule has 1 amide bonds. The van der Waals surface area contributed by atoms with Crippen molar-refractivity contribution in [3.05, 3.63) is 59.9 Å². The number of benzene rings is 2. The topological polar surface area (TPSA) is 95.1 Å². The Labute approximate surface area is 174 Å². The molecule has 3 N–H and O–H groups in total. The number of aromatic nitrogens is 3. The fourth-order valence-electron chi connectivity index (χ4n) is 2.54. The van der Waals surface area contributed by atoms with E-state index < -0.39 is 6.61 Å². The molecule has 0 fully saturated rings. The second kappa shape index (κ2) is 10.0. The molecule has 0 unspecified atom stereocenters. The minimum absolute atomic E-state index is 0.0174. The van der Waals surface area contributed by atoms with E-state index in [0.29, 0.717) is 29.5 Å².